The lowest BCUT2D eigenvalue weighted by atomic mass is 9.75. The smallest absolute Gasteiger partial charge is 0.410 e. The van der Waals surface area contributed by atoms with Gasteiger partial charge < -0.3 is 9.64 Å². The standard InChI is InChI=1S/C10H17IN2O2S/c1-9(2,3)15-8(14)12-4-10(5-12)6-13(7-10)16-11/h4-7H2,1-3H3. The molecular formula is C10H17IN2O2S. The minimum Gasteiger partial charge on any atom is -0.444 e. The molecule has 2 saturated heterocycles. The van der Waals surface area contributed by atoms with Crippen LogP contribution in [0.5, 0.6) is 0 Å². The van der Waals surface area contributed by atoms with E-state index in [1.54, 1.807) is 14.0 Å². The molecule has 0 aromatic heterocycles. The van der Waals surface area contributed by atoms with E-state index < -0.39 is 0 Å². The van der Waals surface area contributed by atoms with Crippen molar-refractivity contribution in [2.24, 2.45) is 5.41 Å². The highest BCUT2D eigenvalue weighted by Gasteiger charge is 2.54. The van der Waals surface area contributed by atoms with Gasteiger partial charge in [-0.05, 0) is 29.9 Å². The molecule has 92 valence electrons. The van der Waals surface area contributed by atoms with Crippen molar-refractivity contribution < 1.29 is 9.53 Å². The highest BCUT2D eigenvalue weighted by molar-refractivity contribution is 14.2. The number of nitrogens with zero attached hydrogens (tertiary/aromatic N) is 2. The van der Waals surface area contributed by atoms with Gasteiger partial charge in [-0.2, -0.15) is 0 Å². The molecule has 0 aromatic carbocycles. The highest BCUT2D eigenvalue weighted by Crippen LogP contribution is 2.44. The molecule has 1 spiro atoms. The molecule has 0 bridgehead atoms. The summed E-state index contributed by atoms with van der Waals surface area (Å²) < 4.78 is 7.64. The maximum atomic E-state index is 11.7. The molecule has 0 unspecified atom stereocenters. The van der Waals surface area contributed by atoms with Crippen molar-refractivity contribution >= 4 is 36.4 Å². The van der Waals surface area contributed by atoms with E-state index in [-0.39, 0.29) is 11.7 Å². The topological polar surface area (TPSA) is 32.8 Å². The molecule has 2 aliphatic heterocycles. The summed E-state index contributed by atoms with van der Waals surface area (Å²) in [5.74, 6) is 0. The zero-order chi connectivity index (χ0) is 12.0. The Labute approximate surface area is 113 Å². The molecule has 0 aliphatic carbocycles. The van der Waals surface area contributed by atoms with Crippen LogP contribution in [0.25, 0.3) is 0 Å². The second-order valence-electron chi connectivity index (χ2n) is 5.70. The van der Waals surface area contributed by atoms with E-state index in [0.717, 1.165) is 26.2 Å². The van der Waals surface area contributed by atoms with E-state index in [1.165, 1.54) is 0 Å². The first-order valence-electron chi connectivity index (χ1n) is 5.35. The molecule has 1 amide bonds. The number of amides is 1. The van der Waals surface area contributed by atoms with Crippen LogP contribution >= 0.6 is 30.3 Å². The summed E-state index contributed by atoms with van der Waals surface area (Å²) in [6.45, 7) is 9.61. The number of carbonyl (C=O) groups excluding carboxylic acids is 1. The summed E-state index contributed by atoms with van der Waals surface area (Å²) >= 11 is 2.30. The minimum absolute atomic E-state index is 0.168. The maximum absolute atomic E-state index is 11.7. The third-order valence-corrected chi connectivity index (χ3v) is 4.95. The molecule has 0 radical (unpaired) electrons. The number of hydrogen-bond acceptors (Lipinski definition) is 4. The third kappa shape index (κ3) is 2.59. The van der Waals surface area contributed by atoms with Crippen LogP contribution in [0.15, 0.2) is 0 Å². The molecule has 2 aliphatic rings. The Hall–Kier alpha value is 0.310. The van der Waals surface area contributed by atoms with Crippen molar-refractivity contribution in [3.63, 3.8) is 0 Å². The normalized spacial score (nSPS) is 23.9. The lowest BCUT2D eigenvalue weighted by molar-refractivity contribution is -0.0807. The Kier molecular flexibility index (Phi) is 3.35. The van der Waals surface area contributed by atoms with Crippen LogP contribution in [0.3, 0.4) is 0 Å². The van der Waals surface area contributed by atoms with E-state index in [4.69, 9.17) is 4.74 Å². The van der Waals surface area contributed by atoms with Crippen LogP contribution in [-0.4, -0.2) is 47.1 Å². The summed E-state index contributed by atoms with van der Waals surface area (Å²) in [7, 11) is 1.75. The predicted octanol–water partition coefficient (Wildman–Crippen LogP) is 2.54. The van der Waals surface area contributed by atoms with Gasteiger partial charge in [0, 0.05) is 52.8 Å². The minimum atomic E-state index is -0.385. The number of halogens is 1. The molecule has 0 aromatic rings. The fourth-order valence-corrected chi connectivity index (χ4v) is 3.65. The molecule has 2 heterocycles. The SMILES string of the molecule is CC(C)(C)OC(=O)N1CC2(CN(SI)C2)C1. The van der Waals surface area contributed by atoms with Crippen molar-refractivity contribution in [1.29, 1.82) is 0 Å². The number of hydrogen-bond donors (Lipinski definition) is 0. The molecule has 0 N–H and O–H groups in total. The van der Waals surface area contributed by atoms with Gasteiger partial charge in [0.1, 0.15) is 5.60 Å². The van der Waals surface area contributed by atoms with Gasteiger partial charge in [0.2, 0.25) is 0 Å². The molecule has 16 heavy (non-hydrogen) atoms. The van der Waals surface area contributed by atoms with Crippen molar-refractivity contribution in [2.75, 3.05) is 26.2 Å². The first-order chi connectivity index (χ1) is 7.34. The van der Waals surface area contributed by atoms with Gasteiger partial charge in [0.05, 0.1) is 0 Å². The first kappa shape index (κ1) is 12.8. The number of rotatable bonds is 1. The molecule has 2 rings (SSSR count). The number of carbonyl (C=O) groups is 1. The second kappa shape index (κ2) is 4.20. The highest BCUT2D eigenvalue weighted by atomic mass is 127. The fourth-order valence-electron chi connectivity index (χ4n) is 2.17. The van der Waals surface area contributed by atoms with E-state index in [1.807, 2.05) is 20.8 Å². The van der Waals surface area contributed by atoms with Gasteiger partial charge in [-0.1, -0.05) is 0 Å². The van der Waals surface area contributed by atoms with Crippen LogP contribution in [0.1, 0.15) is 20.8 Å². The van der Waals surface area contributed by atoms with Crippen LogP contribution in [0, 0.1) is 5.41 Å². The number of likely N-dealkylation sites (tertiary alicyclic amines) is 1. The Bertz CT molecular complexity index is 292. The zero-order valence-corrected chi connectivity index (χ0v) is 12.8. The molecule has 0 saturated carbocycles. The summed E-state index contributed by atoms with van der Waals surface area (Å²) in [5.41, 5.74) is -0.0153. The Morgan fingerprint density at radius 2 is 1.88 bits per heavy atom. The van der Waals surface area contributed by atoms with Gasteiger partial charge in [-0.15, -0.1) is 0 Å². The lowest BCUT2D eigenvalue weighted by Crippen LogP contribution is -2.71. The van der Waals surface area contributed by atoms with Crippen molar-refractivity contribution in [3.8, 4) is 0 Å². The van der Waals surface area contributed by atoms with E-state index >= 15 is 0 Å². The van der Waals surface area contributed by atoms with Crippen LogP contribution in [0.4, 0.5) is 4.79 Å². The Balaban J connectivity index is 1.75. The predicted molar refractivity (Wildman–Crippen MR) is 73.4 cm³/mol. The molecule has 6 heteroatoms. The van der Waals surface area contributed by atoms with Crippen LogP contribution in [-0.2, 0) is 4.74 Å². The Morgan fingerprint density at radius 3 is 2.31 bits per heavy atom. The van der Waals surface area contributed by atoms with Gasteiger partial charge >= 0.3 is 6.09 Å². The molecular weight excluding hydrogens is 339 g/mol. The average molecular weight is 356 g/mol. The van der Waals surface area contributed by atoms with Crippen molar-refractivity contribution in [2.45, 2.75) is 26.4 Å². The van der Waals surface area contributed by atoms with E-state index in [9.17, 15) is 4.79 Å². The van der Waals surface area contributed by atoms with Crippen LogP contribution < -0.4 is 0 Å². The van der Waals surface area contributed by atoms with E-state index in [0.29, 0.717) is 5.41 Å². The molecule has 0 atom stereocenters. The monoisotopic (exact) mass is 356 g/mol. The van der Waals surface area contributed by atoms with Crippen molar-refractivity contribution in [1.82, 2.24) is 9.21 Å². The molecule has 2 fully saturated rings. The first-order valence-corrected chi connectivity index (χ1v) is 8.67. The fraction of sp³-hybridized carbons (Fsp3) is 0.900. The van der Waals surface area contributed by atoms with Crippen molar-refractivity contribution in [3.05, 3.63) is 0 Å². The second-order valence-corrected chi connectivity index (χ2v) is 7.54. The van der Waals surface area contributed by atoms with Gasteiger partial charge in [0.15, 0.2) is 0 Å². The maximum Gasteiger partial charge on any atom is 0.410 e. The molecule has 4 nitrogen and oxygen atoms in total. The summed E-state index contributed by atoms with van der Waals surface area (Å²) in [6.07, 6.45) is -0.168. The Morgan fingerprint density at radius 1 is 1.31 bits per heavy atom. The van der Waals surface area contributed by atoms with Gasteiger partial charge in [-0.25, -0.2) is 9.10 Å². The zero-order valence-electron chi connectivity index (χ0n) is 9.83. The van der Waals surface area contributed by atoms with E-state index in [2.05, 4.69) is 25.5 Å². The van der Waals surface area contributed by atoms with Gasteiger partial charge in [-0.3, -0.25) is 0 Å². The third-order valence-electron chi connectivity index (χ3n) is 2.83. The van der Waals surface area contributed by atoms with Crippen LogP contribution in [0.2, 0.25) is 0 Å². The summed E-state index contributed by atoms with van der Waals surface area (Å²) in [5, 5.41) is 0. The lowest BCUT2D eigenvalue weighted by Gasteiger charge is -2.58. The number of ether oxygens (including phenoxy) is 1. The summed E-state index contributed by atoms with van der Waals surface area (Å²) in [4.78, 5) is 13.5. The van der Waals surface area contributed by atoms with Gasteiger partial charge in [0.25, 0.3) is 0 Å². The summed E-state index contributed by atoms with van der Waals surface area (Å²) in [6, 6.07) is 0. The quantitative estimate of drug-likeness (QED) is 0.534. The average Bonchev–Trinajstić information content (AvgIpc) is 1.95. The largest absolute Gasteiger partial charge is 0.444 e.